The standard InChI is InChI=1S/C25H28N2O3S/c1-18-13-15-22(16-14-18)25(21-10-6-5-7-11-21)26-24(28)17-27(31(4,29)30)23-12-8-9-19(2)20(23)3/h5-16,25H,17H2,1-4H3,(H,26,28)/t25-/m1/s1. The zero-order valence-electron chi connectivity index (χ0n) is 18.3. The Kier molecular flexibility index (Phi) is 6.81. The Morgan fingerprint density at radius 3 is 2.10 bits per heavy atom. The molecule has 5 nitrogen and oxygen atoms in total. The van der Waals surface area contributed by atoms with E-state index in [1.165, 1.54) is 4.31 Å². The Balaban J connectivity index is 1.91. The van der Waals surface area contributed by atoms with Crippen LogP contribution in [0.25, 0.3) is 0 Å². The first-order valence-electron chi connectivity index (χ1n) is 10.1. The van der Waals surface area contributed by atoms with Gasteiger partial charge < -0.3 is 5.32 Å². The Morgan fingerprint density at radius 2 is 1.48 bits per heavy atom. The molecule has 0 spiro atoms. The Hall–Kier alpha value is -3.12. The predicted octanol–water partition coefficient (Wildman–Crippen LogP) is 4.28. The molecule has 3 aromatic rings. The Morgan fingerprint density at radius 1 is 0.871 bits per heavy atom. The summed E-state index contributed by atoms with van der Waals surface area (Å²) in [6, 6.07) is 22.7. The number of amides is 1. The Labute approximate surface area is 184 Å². The lowest BCUT2D eigenvalue weighted by Gasteiger charge is -2.26. The maximum Gasteiger partial charge on any atom is 0.241 e. The number of anilines is 1. The molecule has 31 heavy (non-hydrogen) atoms. The van der Waals surface area contributed by atoms with Crippen LogP contribution in [0.2, 0.25) is 0 Å². The van der Waals surface area contributed by atoms with E-state index in [4.69, 9.17) is 0 Å². The number of nitrogens with one attached hydrogen (secondary N) is 1. The zero-order chi connectivity index (χ0) is 22.6. The molecule has 0 unspecified atom stereocenters. The molecule has 3 aromatic carbocycles. The minimum atomic E-state index is -3.65. The minimum Gasteiger partial charge on any atom is -0.344 e. The summed E-state index contributed by atoms with van der Waals surface area (Å²) < 4.78 is 26.2. The molecule has 6 heteroatoms. The molecular weight excluding hydrogens is 408 g/mol. The van der Waals surface area contributed by atoms with Crippen molar-refractivity contribution in [2.24, 2.45) is 0 Å². The van der Waals surface area contributed by atoms with E-state index in [-0.39, 0.29) is 18.5 Å². The fourth-order valence-electron chi connectivity index (χ4n) is 3.49. The van der Waals surface area contributed by atoms with Crippen molar-refractivity contribution in [3.05, 3.63) is 101 Å². The highest BCUT2D eigenvalue weighted by atomic mass is 32.2. The van der Waals surface area contributed by atoms with Crippen molar-refractivity contribution in [1.29, 1.82) is 0 Å². The van der Waals surface area contributed by atoms with Gasteiger partial charge in [-0.1, -0.05) is 72.3 Å². The van der Waals surface area contributed by atoms with Crippen LogP contribution in [0.15, 0.2) is 72.8 Å². The summed E-state index contributed by atoms with van der Waals surface area (Å²) in [5.41, 5.74) is 5.30. The van der Waals surface area contributed by atoms with Crippen LogP contribution in [-0.4, -0.2) is 27.1 Å². The molecule has 0 aromatic heterocycles. The molecule has 1 amide bonds. The maximum atomic E-state index is 13.1. The van der Waals surface area contributed by atoms with E-state index in [0.29, 0.717) is 5.69 Å². The van der Waals surface area contributed by atoms with Crippen LogP contribution in [0.5, 0.6) is 0 Å². The van der Waals surface area contributed by atoms with Crippen LogP contribution in [0, 0.1) is 20.8 Å². The molecule has 0 bridgehead atoms. The van der Waals surface area contributed by atoms with Gasteiger partial charge >= 0.3 is 0 Å². The molecule has 0 fully saturated rings. The number of hydrogen-bond donors (Lipinski definition) is 1. The summed E-state index contributed by atoms with van der Waals surface area (Å²) in [5, 5.41) is 3.03. The summed E-state index contributed by atoms with van der Waals surface area (Å²) in [6.45, 7) is 5.49. The zero-order valence-corrected chi connectivity index (χ0v) is 19.1. The van der Waals surface area contributed by atoms with Crippen molar-refractivity contribution in [2.75, 3.05) is 17.1 Å². The summed E-state index contributed by atoms with van der Waals surface area (Å²) in [5.74, 6) is -0.374. The van der Waals surface area contributed by atoms with Crippen molar-refractivity contribution in [1.82, 2.24) is 5.32 Å². The predicted molar refractivity (Wildman–Crippen MR) is 126 cm³/mol. The third-order valence-corrected chi connectivity index (χ3v) is 6.51. The summed E-state index contributed by atoms with van der Waals surface area (Å²) >= 11 is 0. The van der Waals surface area contributed by atoms with Gasteiger partial charge in [-0.05, 0) is 49.1 Å². The maximum absolute atomic E-state index is 13.1. The van der Waals surface area contributed by atoms with Crippen LogP contribution in [0.4, 0.5) is 5.69 Å². The first-order chi connectivity index (χ1) is 14.7. The first kappa shape index (κ1) is 22.6. The van der Waals surface area contributed by atoms with Crippen LogP contribution in [-0.2, 0) is 14.8 Å². The van der Waals surface area contributed by atoms with E-state index in [2.05, 4.69) is 5.32 Å². The van der Waals surface area contributed by atoms with Gasteiger partial charge in [-0.3, -0.25) is 9.10 Å². The molecule has 0 heterocycles. The van der Waals surface area contributed by atoms with Gasteiger partial charge in [-0.2, -0.15) is 0 Å². The number of benzene rings is 3. The number of carbonyl (C=O) groups excluding carboxylic acids is 1. The Bertz CT molecular complexity index is 1160. The number of nitrogens with zero attached hydrogens (tertiary/aromatic N) is 1. The van der Waals surface area contributed by atoms with E-state index in [0.717, 1.165) is 34.1 Å². The van der Waals surface area contributed by atoms with Crippen molar-refractivity contribution in [3.8, 4) is 0 Å². The third-order valence-electron chi connectivity index (χ3n) is 5.38. The highest BCUT2D eigenvalue weighted by Crippen LogP contribution is 2.26. The van der Waals surface area contributed by atoms with Crippen molar-refractivity contribution >= 4 is 21.6 Å². The van der Waals surface area contributed by atoms with Gasteiger partial charge in [-0.15, -0.1) is 0 Å². The summed E-state index contributed by atoms with van der Waals surface area (Å²) in [4.78, 5) is 13.1. The molecule has 0 saturated carbocycles. The second kappa shape index (κ2) is 9.35. The van der Waals surface area contributed by atoms with Crippen molar-refractivity contribution in [2.45, 2.75) is 26.8 Å². The van der Waals surface area contributed by atoms with Gasteiger partial charge in [0.15, 0.2) is 0 Å². The normalized spacial score (nSPS) is 12.3. The lowest BCUT2D eigenvalue weighted by molar-refractivity contribution is -0.120. The molecule has 0 radical (unpaired) electrons. The molecule has 162 valence electrons. The second-order valence-corrected chi connectivity index (χ2v) is 9.72. The largest absolute Gasteiger partial charge is 0.344 e. The molecule has 1 N–H and O–H groups in total. The van der Waals surface area contributed by atoms with Crippen LogP contribution in [0.1, 0.15) is 33.9 Å². The van der Waals surface area contributed by atoms with Gasteiger partial charge in [0.1, 0.15) is 6.54 Å². The molecule has 0 aliphatic rings. The first-order valence-corrected chi connectivity index (χ1v) is 12.0. The molecule has 0 saturated heterocycles. The average molecular weight is 437 g/mol. The molecule has 0 aliphatic heterocycles. The number of aryl methyl sites for hydroxylation is 2. The minimum absolute atomic E-state index is 0.293. The smallest absolute Gasteiger partial charge is 0.241 e. The van der Waals surface area contributed by atoms with Crippen LogP contribution in [0.3, 0.4) is 0 Å². The fourth-order valence-corrected chi connectivity index (χ4v) is 4.39. The highest BCUT2D eigenvalue weighted by Gasteiger charge is 2.25. The van der Waals surface area contributed by atoms with Crippen molar-refractivity contribution in [3.63, 3.8) is 0 Å². The molecule has 0 aliphatic carbocycles. The monoisotopic (exact) mass is 436 g/mol. The second-order valence-electron chi connectivity index (χ2n) is 7.81. The summed E-state index contributed by atoms with van der Waals surface area (Å²) in [7, 11) is -3.65. The average Bonchev–Trinajstić information content (AvgIpc) is 2.73. The van der Waals surface area contributed by atoms with E-state index in [1.807, 2.05) is 81.4 Å². The third kappa shape index (κ3) is 5.52. The quantitative estimate of drug-likeness (QED) is 0.601. The highest BCUT2D eigenvalue weighted by molar-refractivity contribution is 7.92. The van der Waals surface area contributed by atoms with Gasteiger partial charge in [-0.25, -0.2) is 8.42 Å². The van der Waals surface area contributed by atoms with E-state index < -0.39 is 10.0 Å². The fraction of sp³-hybridized carbons (Fsp3) is 0.240. The lowest BCUT2D eigenvalue weighted by Crippen LogP contribution is -2.42. The number of hydrogen-bond acceptors (Lipinski definition) is 3. The van der Waals surface area contributed by atoms with E-state index in [9.17, 15) is 13.2 Å². The number of rotatable bonds is 7. The lowest BCUT2D eigenvalue weighted by atomic mass is 9.98. The van der Waals surface area contributed by atoms with E-state index in [1.54, 1.807) is 12.1 Å². The number of sulfonamides is 1. The van der Waals surface area contributed by atoms with Crippen molar-refractivity contribution < 1.29 is 13.2 Å². The van der Waals surface area contributed by atoms with Crippen LogP contribution >= 0.6 is 0 Å². The van der Waals surface area contributed by atoms with Gasteiger partial charge in [0.05, 0.1) is 18.0 Å². The van der Waals surface area contributed by atoms with Gasteiger partial charge in [0.2, 0.25) is 15.9 Å². The topological polar surface area (TPSA) is 66.5 Å². The van der Waals surface area contributed by atoms with Gasteiger partial charge in [0, 0.05) is 0 Å². The molecule has 1 atom stereocenters. The van der Waals surface area contributed by atoms with E-state index >= 15 is 0 Å². The number of carbonyl (C=O) groups is 1. The van der Waals surface area contributed by atoms with Crippen LogP contribution < -0.4 is 9.62 Å². The van der Waals surface area contributed by atoms with Gasteiger partial charge in [0.25, 0.3) is 0 Å². The molecular formula is C25H28N2O3S. The molecule has 3 rings (SSSR count). The summed E-state index contributed by atoms with van der Waals surface area (Å²) in [6.07, 6.45) is 1.12. The SMILES string of the molecule is Cc1ccc([C@H](NC(=O)CN(c2cccc(C)c2C)S(C)(=O)=O)c2ccccc2)cc1.